The molecule has 2 aromatic carbocycles. The Morgan fingerprint density at radius 2 is 1.96 bits per heavy atom. The van der Waals surface area contributed by atoms with E-state index in [0.717, 1.165) is 53.4 Å². The van der Waals surface area contributed by atoms with E-state index >= 15 is 0 Å². The number of aryl methyl sites for hydroxylation is 1. The summed E-state index contributed by atoms with van der Waals surface area (Å²) in [7, 11) is 0. The Morgan fingerprint density at radius 3 is 2.81 bits per heavy atom. The van der Waals surface area contributed by atoms with Crippen molar-refractivity contribution in [2.75, 3.05) is 6.61 Å². The van der Waals surface area contributed by atoms with Gasteiger partial charge in [-0.15, -0.1) is 0 Å². The first kappa shape index (κ1) is 15.8. The van der Waals surface area contributed by atoms with Crippen molar-refractivity contribution in [3.63, 3.8) is 0 Å². The molecule has 2 aliphatic heterocycles. The highest BCUT2D eigenvalue weighted by molar-refractivity contribution is 6.08. The van der Waals surface area contributed by atoms with Crippen molar-refractivity contribution in [2.24, 2.45) is 4.99 Å². The number of aliphatic imine (C=N–C) groups is 1. The van der Waals surface area contributed by atoms with Gasteiger partial charge in [-0.05, 0) is 18.4 Å². The largest absolute Gasteiger partial charge is 0.493 e. The summed E-state index contributed by atoms with van der Waals surface area (Å²) in [5, 5.41) is 7.21. The van der Waals surface area contributed by atoms with Gasteiger partial charge in [-0.1, -0.05) is 48.5 Å². The number of H-pyrrole nitrogens is 1. The molecule has 3 aromatic rings. The molecule has 0 radical (unpaired) electrons. The molecule has 1 N–H and O–H groups in total. The smallest absolute Gasteiger partial charge is 0.276 e. The molecule has 0 amide bonds. The minimum Gasteiger partial charge on any atom is -0.493 e. The van der Waals surface area contributed by atoms with Crippen molar-refractivity contribution in [2.45, 2.75) is 24.8 Å². The van der Waals surface area contributed by atoms with Crippen LogP contribution in [-0.4, -0.2) is 28.6 Å². The average molecular weight is 354 g/mol. The third-order valence-electron chi connectivity index (χ3n) is 5.32. The molecular formula is C22H18N4O. The van der Waals surface area contributed by atoms with Crippen LogP contribution in [0.25, 0.3) is 4.85 Å². The van der Waals surface area contributed by atoms with E-state index < -0.39 is 6.04 Å². The van der Waals surface area contributed by atoms with E-state index in [4.69, 9.17) is 16.3 Å². The number of benzene rings is 2. The Bertz CT molecular complexity index is 1060. The van der Waals surface area contributed by atoms with Gasteiger partial charge in [0.15, 0.2) is 5.82 Å². The van der Waals surface area contributed by atoms with Crippen LogP contribution < -0.4 is 4.74 Å². The van der Waals surface area contributed by atoms with Crippen molar-refractivity contribution in [1.29, 1.82) is 0 Å². The van der Waals surface area contributed by atoms with Crippen molar-refractivity contribution in [3.05, 3.63) is 88.4 Å². The number of para-hydroxylation sites is 1. The molecule has 1 aromatic heterocycles. The van der Waals surface area contributed by atoms with Gasteiger partial charge in [-0.3, -0.25) is 5.10 Å². The van der Waals surface area contributed by atoms with Crippen molar-refractivity contribution in [1.82, 2.24) is 10.2 Å². The summed E-state index contributed by atoms with van der Waals surface area (Å²) in [6.07, 6.45) is 3.84. The number of fused-ring (bicyclic) bond motifs is 2. The lowest BCUT2D eigenvalue weighted by Crippen LogP contribution is -2.30. The molecule has 0 aliphatic carbocycles. The number of hydrogen-bond acceptors (Lipinski definition) is 3. The summed E-state index contributed by atoms with van der Waals surface area (Å²) in [5.41, 5.74) is 4.98. The zero-order chi connectivity index (χ0) is 18.2. The highest BCUT2D eigenvalue weighted by Gasteiger charge is 2.42. The average Bonchev–Trinajstić information content (AvgIpc) is 3.21. The summed E-state index contributed by atoms with van der Waals surface area (Å²) >= 11 is 0. The van der Waals surface area contributed by atoms with Crippen LogP contribution in [0.4, 0.5) is 5.82 Å². The Morgan fingerprint density at radius 1 is 1.07 bits per heavy atom. The van der Waals surface area contributed by atoms with Crippen LogP contribution in [0, 0.1) is 6.57 Å². The molecule has 0 spiro atoms. The van der Waals surface area contributed by atoms with Crippen molar-refractivity contribution >= 4 is 11.5 Å². The highest BCUT2D eigenvalue weighted by Crippen LogP contribution is 2.45. The van der Waals surface area contributed by atoms with Gasteiger partial charge in [0.05, 0.1) is 18.7 Å². The predicted octanol–water partition coefficient (Wildman–Crippen LogP) is 4.29. The lowest BCUT2D eigenvalue weighted by molar-refractivity contribution is 0.284. The van der Waals surface area contributed by atoms with E-state index in [1.807, 2.05) is 30.3 Å². The number of ether oxygens (including phenoxy) is 1. The fourth-order valence-electron chi connectivity index (χ4n) is 4.10. The maximum absolute atomic E-state index is 7.96. The topological polar surface area (TPSA) is 54.6 Å². The maximum atomic E-state index is 7.96. The van der Waals surface area contributed by atoms with Crippen LogP contribution in [-0.2, 0) is 6.42 Å². The molecule has 0 fully saturated rings. The Kier molecular flexibility index (Phi) is 3.75. The fraction of sp³-hybridized carbons (Fsp3) is 0.227. The second kappa shape index (κ2) is 6.40. The van der Waals surface area contributed by atoms with Crippen molar-refractivity contribution < 1.29 is 4.74 Å². The van der Waals surface area contributed by atoms with Gasteiger partial charge in [0, 0.05) is 16.7 Å². The molecule has 3 heterocycles. The lowest BCUT2D eigenvalue weighted by Gasteiger charge is -2.28. The van der Waals surface area contributed by atoms with Gasteiger partial charge >= 0.3 is 0 Å². The Balaban J connectivity index is 1.71. The number of aromatic nitrogens is 2. The number of nitrogens with zero attached hydrogens (tertiary/aromatic N) is 3. The van der Waals surface area contributed by atoms with Gasteiger partial charge in [-0.25, -0.2) is 11.6 Å². The molecule has 27 heavy (non-hydrogen) atoms. The first-order valence-corrected chi connectivity index (χ1v) is 9.15. The normalized spacial score (nSPS) is 20.6. The second-order valence-electron chi connectivity index (χ2n) is 6.88. The Labute approximate surface area is 157 Å². The van der Waals surface area contributed by atoms with E-state index in [-0.39, 0.29) is 5.92 Å². The Hall–Kier alpha value is -3.39. The van der Waals surface area contributed by atoms with Crippen LogP contribution in [0.15, 0.2) is 59.7 Å². The zero-order valence-corrected chi connectivity index (χ0v) is 14.7. The van der Waals surface area contributed by atoms with Gasteiger partial charge in [-0.2, -0.15) is 5.10 Å². The minimum absolute atomic E-state index is 0.156. The first-order chi connectivity index (χ1) is 13.4. The van der Waals surface area contributed by atoms with Crippen LogP contribution in [0.5, 0.6) is 5.75 Å². The molecule has 0 saturated heterocycles. The van der Waals surface area contributed by atoms with Gasteiger partial charge in [0.25, 0.3) is 6.04 Å². The van der Waals surface area contributed by atoms with E-state index in [0.29, 0.717) is 0 Å². The van der Waals surface area contributed by atoms with E-state index in [1.165, 1.54) is 5.56 Å². The molecule has 132 valence electrons. The number of nitrogens with one attached hydrogen (secondary N) is 1. The molecule has 2 atom stereocenters. The first-order valence-electron chi connectivity index (χ1n) is 9.15. The zero-order valence-electron chi connectivity index (χ0n) is 14.7. The van der Waals surface area contributed by atoms with Crippen LogP contribution in [0.3, 0.4) is 0 Å². The van der Waals surface area contributed by atoms with Gasteiger partial charge in [0.1, 0.15) is 11.5 Å². The summed E-state index contributed by atoms with van der Waals surface area (Å²) < 4.78 is 6.06. The van der Waals surface area contributed by atoms with Crippen LogP contribution in [0.2, 0.25) is 0 Å². The number of rotatable bonds is 2. The molecule has 0 saturated carbocycles. The van der Waals surface area contributed by atoms with E-state index in [2.05, 4.69) is 33.2 Å². The minimum atomic E-state index is -0.422. The summed E-state index contributed by atoms with van der Waals surface area (Å²) in [5.74, 6) is 1.51. The number of hydrogen-bond donors (Lipinski definition) is 1. The standard InChI is InChI=1S/C22H18N4O/c1-23-20-18(16-11-5-9-15-10-6-12-27-21(15)16)17-13-24-26-22(17)25-19(20)14-7-3-2-4-8-14/h2-5,7-9,11,13,18,20H,6,10,12H2,(H,24,26). The molecule has 5 heteroatoms. The highest BCUT2D eigenvalue weighted by atomic mass is 16.5. The van der Waals surface area contributed by atoms with Crippen LogP contribution in [0.1, 0.15) is 34.6 Å². The molecular weight excluding hydrogens is 336 g/mol. The van der Waals surface area contributed by atoms with Gasteiger partial charge in [0.2, 0.25) is 0 Å². The fourth-order valence-corrected chi connectivity index (χ4v) is 4.10. The molecule has 0 bridgehead atoms. The third-order valence-corrected chi connectivity index (χ3v) is 5.32. The van der Waals surface area contributed by atoms with E-state index in [9.17, 15) is 0 Å². The molecule has 5 rings (SSSR count). The van der Waals surface area contributed by atoms with Gasteiger partial charge < -0.3 is 9.58 Å². The monoisotopic (exact) mass is 354 g/mol. The van der Waals surface area contributed by atoms with Crippen LogP contribution >= 0.6 is 0 Å². The molecule has 2 unspecified atom stereocenters. The van der Waals surface area contributed by atoms with Crippen molar-refractivity contribution in [3.8, 4) is 5.75 Å². The maximum Gasteiger partial charge on any atom is 0.276 e. The predicted molar refractivity (Wildman–Crippen MR) is 104 cm³/mol. The SMILES string of the molecule is [C-]#[N+]C1C(c2ccccc2)=Nc2[nH]ncc2C1c1cccc2c1OCCC2. The second-order valence-corrected chi connectivity index (χ2v) is 6.88. The van der Waals surface area contributed by atoms with E-state index in [1.54, 1.807) is 6.20 Å². The quantitative estimate of drug-likeness (QED) is 0.698. The lowest BCUT2D eigenvalue weighted by atomic mass is 9.79. The molecule has 2 aliphatic rings. The number of aromatic amines is 1. The summed E-state index contributed by atoms with van der Waals surface area (Å²) in [4.78, 5) is 8.77. The summed E-state index contributed by atoms with van der Waals surface area (Å²) in [6.45, 7) is 8.68. The third kappa shape index (κ3) is 2.53. The summed E-state index contributed by atoms with van der Waals surface area (Å²) in [6, 6.07) is 15.8. The molecule has 5 nitrogen and oxygen atoms in total.